The highest BCUT2D eigenvalue weighted by Gasteiger charge is 2.06. The van der Waals surface area contributed by atoms with Gasteiger partial charge >= 0.3 is 0 Å². The molecule has 0 heterocycles. The zero-order valence-electron chi connectivity index (χ0n) is 8.67. The molecule has 0 aliphatic heterocycles. The lowest BCUT2D eigenvalue weighted by molar-refractivity contribution is 0.622. The molecule has 15 heavy (non-hydrogen) atoms. The Morgan fingerprint density at radius 2 is 2.27 bits per heavy atom. The van der Waals surface area contributed by atoms with E-state index in [9.17, 15) is 4.39 Å². The average Bonchev–Trinajstić information content (AvgIpc) is 2.20. The van der Waals surface area contributed by atoms with Crippen molar-refractivity contribution < 1.29 is 4.39 Å². The molecular formula is C11H15ClFNS. The summed E-state index contributed by atoms with van der Waals surface area (Å²) in [6.07, 6.45) is 3.78. The summed E-state index contributed by atoms with van der Waals surface area (Å²) in [6.45, 7) is 0. The molecule has 1 unspecified atom stereocenters. The van der Waals surface area contributed by atoms with Crippen molar-refractivity contribution in [2.45, 2.75) is 18.9 Å². The zero-order chi connectivity index (χ0) is 11.3. The largest absolute Gasteiger partial charge is 0.327 e. The fourth-order valence-corrected chi connectivity index (χ4v) is 2.08. The van der Waals surface area contributed by atoms with Crippen molar-refractivity contribution in [1.82, 2.24) is 0 Å². The summed E-state index contributed by atoms with van der Waals surface area (Å²) in [5.74, 6) is 0.675. The number of thioether (sulfide) groups is 1. The SMILES string of the molecule is CSCCC(N)Cc1ccc(F)c(Cl)c1. The van der Waals surface area contributed by atoms with Crippen molar-refractivity contribution in [2.75, 3.05) is 12.0 Å². The lowest BCUT2D eigenvalue weighted by atomic mass is 10.0. The quantitative estimate of drug-likeness (QED) is 0.865. The smallest absolute Gasteiger partial charge is 0.141 e. The first-order valence-corrected chi connectivity index (χ1v) is 6.59. The Balaban J connectivity index is 2.53. The van der Waals surface area contributed by atoms with Crippen LogP contribution in [0.15, 0.2) is 18.2 Å². The highest BCUT2D eigenvalue weighted by atomic mass is 35.5. The maximum atomic E-state index is 12.9. The monoisotopic (exact) mass is 247 g/mol. The molecule has 1 atom stereocenters. The van der Waals surface area contributed by atoms with Crippen LogP contribution in [0.5, 0.6) is 0 Å². The lowest BCUT2D eigenvalue weighted by Gasteiger charge is -2.10. The molecule has 0 radical (unpaired) electrons. The Bertz CT molecular complexity index is 319. The van der Waals surface area contributed by atoms with Crippen LogP contribution in [0.3, 0.4) is 0 Å². The molecule has 0 aliphatic carbocycles. The summed E-state index contributed by atoms with van der Waals surface area (Å²) in [6, 6.07) is 4.90. The molecule has 0 amide bonds. The maximum Gasteiger partial charge on any atom is 0.141 e. The van der Waals surface area contributed by atoms with Crippen LogP contribution in [0, 0.1) is 5.82 Å². The van der Waals surface area contributed by atoms with Crippen LogP contribution in [0.1, 0.15) is 12.0 Å². The van der Waals surface area contributed by atoms with Crippen molar-refractivity contribution in [1.29, 1.82) is 0 Å². The third-order valence-corrected chi connectivity index (χ3v) is 3.11. The first-order chi connectivity index (χ1) is 7.13. The van der Waals surface area contributed by atoms with E-state index in [1.54, 1.807) is 23.9 Å². The van der Waals surface area contributed by atoms with E-state index in [-0.39, 0.29) is 16.9 Å². The van der Waals surface area contributed by atoms with Crippen LogP contribution in [-0.2, 0) is 6.42 Å². The van der Waals surface area contributed by atoms with Crippen molar-refractivity contribution in [3.63, 3.8) is 0 Å². The number of nitrogens with two attached hydrogens (primary N) is 1. The molecular weight excluding hydrogens is 233 g/mol. The second-order valence-corrected chi connectivity index (χ2v) is 4.89. The van der Waals surface area contributed by atoms with Crippen LogP contribution >= 0.6 is 23.4 Å². The van der Waals surface area contributed by atoms with Crippen LogP contribution < -0.4 is 5.73 Å². The molecule has 84 valence electrons. The fourth-order valence-electron chi connectivity index (χ4n) is 1.34. The molecule has 0 fully saturated rings. The van der Waals surface area contributed by atoms with Gasteiger partial charge in [-0.05, 0) is 42.5 Å². The predicted molar refractivity (Wildman–Crippen MR) is 66.1 cm³/mol. The molecule has 0 aromatic heterocycles. The van der Waals surface area contributed by atoms with Gasteiger partial charge in [0.25, 0.3) is 0 Å². The molecule has 1 rings (SSSR count). The molecule has 0 aliphatic rings. The minimum absolute atomic E-state index is 0.124. The fraction of sp³-hybridized carbons (Fsp3) is 0.455. The molecule has 2 N–H and O–H groups in total. The van der Waals surface area contributed by atoms with Gasteiger partial charge in [-0.2, -0.15) is 11.8 Å². The van der Waals surface area contributed by atoms with Gasteiger partial charge in [0.15, 0.2) is 0 Å². The zero-order valence-corrected chi connectivity index (χ0v) is 10.2. The van der Waals surface area contributed by atoms with Gasteiger partial charge in [0, 0.05) is 6.04 Å². The molecule has 0 bridgehead atoms. The number of benzene rings is 1. The van der Waals surface area contributed by atoms with E-state index in [1.165, 1.54) is 6.07 Å². The summed E-state index contributed by atoms with van der Waals surface area (Å²) >= 11 is 7.46. The molecule has 1 nitrogen and oxygen atoms in total. The number of hydrogen-bond donors (Lipinski definition) is 1. The Morgan fingerprint density at radius 3 is 2.87 bits per heavy atom. The molecule has 1 aromatic carbocycles. The number of halogens is 2. The third-order valence-electron chi connectivity index (χ3n) is 2.17. The normalized spacial score (nSPS) is 12.8. The highest BCUT2D eigenvalue weighted by Crippen LogP contribution is 2.17. The summed E-state index contributed by atoms with van der Waals surface area (Å²) in [4.78, 5) is 0. The standard InChI is InChI=1S/C11H15ClFNS/c1-15-5-4-9(14)6-8-2-3-11(13)10(12)7-8/h2-3,7,9H,4-6,14H2,1H3. The van der Waals surface area contributed by atoms with E-state index in [0.29, 0.717) is 0 Å². The van der Waals surface area contributed by atoms with Crippen molar-refractivity contribution in [3.8, 4) is 0 Å². The minimum atomic E-state index is -0.377. The topological polar surface area (TPSA) is 26.0 Å². The molecule has 0 saturated heterocycles. The Kier molecular flexibility index (Phi) is 5.43. The van der Waals surface area contributed by atoms with Crippen molar-refractivity contribution in [3.05, 3.63) is 34.6 Å². The Labute approximate surface area is 99.2 Å². The van der Waals surface area contributed by atoms with Crippen molar-refractivity contribution in [2.24, 2.45) is 5.73 Å². The van der Waals surface area contributed by atoms with Gasteiger partial charge < -0.3 is 5.73 Å². The third kappa shape index (κ3) is 4.41. The van der Waals surface area contributed by atoms with Crippen LogP contribution in [0.4, 0.5) is 4.39 Å². The number of rotatable bonds is 5. The van der Waals surface area contributed by atoms with Gasteiger partial charge in [-0.25, -0.2) is 4.39 Å². The second kappa shape index (κ2) is 6.36. The van der Waals surface area contributed by atoms with Gasteiger partial charge in [0.2, 0.25) is 0 Å². The first kappa shape index (κ1) is 12.8. The van der Waals surface area contributed by atoms with E-state index in [4.69, 9.17) is 17.3 Å². The molecule has 4 heteroatoms. The van der Waals surface area contributed by atoms with Crippen LogP contribution in [-0.4, -0.2) is 18.1 Å². The van der Waals surface area contributed by atoms with Crippen LogP contribution in [0.25, 0.3) is 0 Å². The van der Waals surface area contributed by atoms with Crippen molar-refractivity contribution >= 4 is 23.4 Å². The highest BCUT2D eigenvalue weighted by molar-refractivity contribution is 7.98. The minimum Gasteiger partial charge on any atom is -0.327 e. The summed E-state index contributed by atoms with van der Waals surface area (Å²) in [5.41, 5.74) is 6.93. The molecule has 0 spiro atoms. The summed E-state index contributed by atoms with van der Waals surface area (Å²) in [5, 5.41) is 0.171. The van der Waals surface area contributed by atoms with E-state index in [1.807, 2.05) is 0 Å². The van der Waals surface area contributed by atoms with E-state index >= 15 is 0 Å². The van der Waals surface area contributed by atoms with Gasteiger partial charge in [0.05, 0.1) is 5.02 Å². The van der Waals surface area contributed by atoms with E-state index in [0.717, 1.165) is 24.2 Å². The van der Waals surface area contributed by atoms with E-state index in [2.05, 4.69) is 6.26 Å². The average molecular weight is 248 g/mol. The van der Waals surface area contributed by atoms with Crippen LogP contribution in [0.2, 0.25) is 5.02 Å². The van der Waals surface area contributed by atoms with Gasteiger partial charge in [-0.1, -0.05) is 17.7 Å². The van der Waals surface area contributed by atoms with Gasteiger partial charge in [-0.15, -0.1) is 0 Å². The van der Waals surface area contributed by atoms with E-state index < -0.39 is 0 Å². The van der Waals surface area contributed by atoms with Gasteiger partial charge in [-0.3, -0.25) is 0 Å². The maximum absolute atomic E-state index is 12.9. The van der Waals surface area contributed by atoms with Gasteiger partial charge in [0.1, 0.15) is 5.82 Å². The molecule has 1 aromatic rings. The molecule has 0 saturated carbocycles. The first-order valence-electron chi connectivity index (χ1n) is 4.82. The Hall–Kier alpha value is -0.250. The summed E-state index contributed by atoms with van der Waals surface area (Å²) < 4.78 is 12.9. The summed E-state index contributed by atoms with van der Waals surface area (Å²) in [7, 11) is 0. The predicted octanol–water partition coefficient (Wildman–Crippen LogP) is 3.10. The number of hydrogen-bond acceptors (Lipinski definition) is 2. The Morgan fingerprint density at radius 1 is 1.53 bits per heavy atom. The second-order valence-electron chi connectivity index (χ2n) is 3.49. The lowest BCUT2D eigenvalue weighted by Crippen LogP contribution is -2.23.